The molecule has 0 aliphatic heterocycles. The third-order valence-electron chi connectivity index (χ3n) is 3.20. The molecule has 0 spiro atoms. The van der Waals surface area contributed by atoms with Crippen LogP contribution in [0, 0.1) is 20.8 Å². The molecule has 0 radical (unpaired) electrons. The molecule has 90 valence electrons. The highest BCUT2D eigenvalue weighted by Gasteiger charge is 2.14. The van der Waals surface area contributed by atoms with Crippen LogP contribution in [0.15, 0.2) is 34.9 Å². The Kier molecular flexibility index (Phi) is 3.34. The Labute approximate surface area is 102 Å². The number of aliphatic hydroxyl groups is 1. The Bertz CT molecular complexity index is 511. The van der Waals surface area contributed by atoms with Gasteiger partial charge in [0, 0.05) is 6.42 Å². The SMILES string of the molecule is Cc1ccc(CC(O)c2occc2C)cc1C. The fraction of sp³-hybridized carbons (Fsp3) is 0.333. The van der Waals surface area contributed by atoms with E-state index < -0.39 is 6.10 Å². The van der Waals surface area contributed by atoms with Gasteiger partial charge in [-0.15, -0.1) is 0 Å². The van der Waals surface area contributed by atoms with Gasteiger partial charge in [0.2, 0.25) is 0 Å². The maximum atomic E-state index is 10.1. The largest absolute Gasteiger partial charge is 0.466 e. The molecule has 0 saturated heterocycles. The van der Waals surface area contributed by atoms with Gasteiger partial charge in [0.15, 0.2) is 0 Å². The fourth-order valence-electron chi connectivity index (χ4n) is 1.97. The molecule has 0 bridgehead atoms. The van der Waals surface area contributed by atoms with Crippen molar-refractivity contribution in [3.05, 3.63) is 58.5 Å². The second kappa shape index (κ2) is 4.76. The van der Waals surface area contributed by atoms with Crippen molar-refractivity contribution in [1.29, 1.82) is 0 Å². The fourth-order valence-corrected chi connectivity index (χ4v) is 1.97. The molecular formula is C15H18O2. The standard InChI is InChI=1S/C15H18O2/c1-10-4-5-13(8-12(10)3)9-14(16)15-11(2)6-7-17-15/h4-8,14,16H,9H2,1-3H3. The summed E-state index contributed by atoms with van der Waals surface area (Å²) in [7, 11) is 0. The van der Waals surface area contributed by atoms with E-state index in [1.807, 2.05) is 13.0 Å². The Balaban J connectivity index is 2.16. The molecule has 2 nitrogen and oxygen atoms in total. The maximum absolute atomic E-state index is 10.1. The van der Waals surface area contributed by atoms with Crippen molar-refractivity contribution >= 4 is 0 Å². The van der Waals surface area contributed by atoms with Crippen LogP contribution in [0.5, 0.6) is 0 Å². The second-order valence-corrected chi connectivity index (χ2v) is 4.61. The van der Waals surface area contributed by atoms with Crippen molar-refractivity contribution in [2.75, 3.05) is 0 Å². The molecule has 0 saturated carbocycles. The molecule has 1 aromatic carbocycles. The topological polar surface area (TPSA) is 33.4 Å². The number of furan rings is 1. The van der Waals surface area contributed by atoms with E-state index >= 15 is 0 Å². The van der Waals surface area contributed by atoms with E-state index in [0.29, 0.717) is 12.2 Å². The number of hydrogen-bond acceptors (Lipinski definition) is 2. The summed E-state index contributed by atoms with van der Waals surface area (Å²) in [4.78, 5) is 0. The van der Waals surface area contributed by atoms with Crippen molar-refractivity contribution in [3.8, 4) is 0 Å². The molecule has 1 heterocycles. The van der Waals surface area contributed by atoms with Gasteiger partial charge >= 0.3 is 0 Å². The first-order chi connectivity index (χ1) is 8.08. The summed E-state index contributed by atoms with van der Waals surface area (Å²) in [6.07, 6.45) is 1.65. The predicted octanol–water partition coefficient (Wildman–Crippen LogP) is 3.48. The van der Waals surface area contributed by atoms with Crippen molar-refractivity contribution < 1.29 is 9.52 Å². The van der Waals surface area contributed by atoms with Gasteiger partial charge in [-0.3, -0.25) is 0 Å². The lowest BCUT2D eigenvalue weighted by Crippen LogP contribution is -2.02. The Morgan fingerprint density at radius 3 is 2.41 bits per heavy atom. The number of aryl methyl sites for hydroxylation is 3. The van der Waals surface area contributed by atoms with Gasteiger partial charge in [-0.25, -0.2) is 0 Å². The average molecular weight is 230 g/mol. The van der Waals surface area contributed by atoms with E-state index in [9.17, 15) is 5.11 Å². The van der Waals surface area contributed by atoms with Crippen molar-refractivity contribution in [3.63, 3.8) is 0 Å². The summed E-state index contributed by atoms with van der Waals surface area (Å²) < 4.78 is 5.30. The molecule has 0 amide bonds. The van der Waals surface area contributed by atoms with Crippen LogP contribution in [0.3, 0.4) is 0 Å². The van der Waals surface area contributed by atoms with E-state index in [1.54, 1.807) is 6.26 Å². The highest BCUT2D eigenvalue weighted by Crippen LogP contribution is 2.23. The van der Waals surface area contributed by atoms with Crippen molar-refractivity contribution in [1.82, 2.24) is 0 Å². The van der Waals surface area contributed by atoms with Gasteiger partial charge in [-0.2, -0.15) is 0 Å². The van der Waals surface area contributed by atoms with E-state index in [2.05, 4.69) is 32.0 Å². The van der Waals surface area contributed by atoms with Crippen LogP contribution in [0.2, 0.25) is 0 Å². The molecule has 1 unspecified atom stereocenters. The first-order valence-corrected chi connectivity index (χ1v) is 5.86. The number of benzene rings is 1. The quantitative estimate of drug-likeness (QED) is 0.875. The summed E-state index contributed by atoms with van der Waals surface area (Å²) in [5.41, 5.74) is 4.67. The normalized spacial score (nSPS) is 12.7. The minimum atomic E-state index is -0.563. The number of hydrogen-bond donors (Lipinski definition) is 1. The second-order valence-electron chi connectivity index (χ2n) is 4.61. The maximum Gasteiger partial charge on any atom is 0.135 e. The molecule has 0 aliphatic rings. The van der Waals surface area contributed by atoms with E-state index in [0.717, 1.165) is 11.1 Å². The zero-order chi connectivity index (χ0) is 12.4. The van der Waals surface area contributed by atoms with Gasteiger partial charge in [0.1, 0.15) is 11.9 Å². The summed E-state index contributed by atoms with van der Waals surface area (Å²) in [5.74, 6) is 0.670. The van der Waals surface area contributed by atoms with Crippen LogP contribution >= 0.6 is 0 Å². The summed E-state index contributed by atoms with van der Waals surface area (Å²) in [6, 6.07) is 8.14. The number of rotatable bonds is 3. The zero-order valence-corrected chi connectivity index (χ0v) is 10.5. The molecule has 0 aliphatic carbocycles. The highest BCUT2D eigenvalue weighted by atomic mass is 16.4. The summed E-state index contributed by atoms with van der Waals surface area (Å²) in [5, 5.41) is 10.1. The molecule has 2 rings (SSSR count). The van der Waals surface area contributed by atoms with Gasteiger partial charge in [-0.1, -0.05) is 18.2 Å². The van der Waals surface area contributed by atoms with Crippen LogP contribution in [0.1, 0.15) is 34.1 Å². The first kappa shape index (κ1) is 11.9. The average Bonchev–Trinajstić information content (AvgIpc) is 2.70. The van der Waals surface area contributed by atoms with Crippen LogP contribution in [-0.2, 0) is 6.42 Å². The Morgan fingerprint density at radius 1 is 1.06 bits per heavy atom. The highest BCUT2D eigenvalue weighted by molar-refractivity contribution is 5.31. The van der Waals surface area contributed by atoms with Crippen molar-refractivity contribution in [2.45, 2.75) is 33.3 Å². The Morgan fingerprint density at radius 2 is 1.82 bits per heavy atom. The lowest BCUT2D eigenvalue weighted by atomic mass is 10.0. The lowest BCUT2D eigenvalue weighted by Gasteiger charge is -2.10. The monoisotopic (exact) mass is 230 g/mol. The van der Waals surface area contributed by atoms with Crippen LogP contribution in [0.25, 0.3) is 0 Å². The first-order valence-electron chi connectivity index (χ1n) is 5.86. The third kappa shape index (κ3) is 2.59. The Hall–Kier alpha value is -1.54. The number of aliphatic hydroxyl groups excluding tert-OH is 1. The van der Waals surface area contributed by atoms with Crippen LogP contribution in [-0.4, -0.2) is 5.11 Å². The molecule has 1 N–H and O–H groups in total. The minimum Gasteiger partial charge on any atom is -0.466 e. The lowest BCUT2D eigenvalue weighted by molar-refractivity contribution is 0.149. The smallest absolute Gasteiger partial charge is 0.135 e. The zero-order valence-electron chi connectivity index (χ0n) is 10.5. The van der Waals surface area contributed by atoms with Gasteiger partial charge in [0.05, 0.1) is 6.26 Å². The van der Waals surface area contributed by atoms with Gasteiger partial charge < -0.3 is 9.52 Å². The molecular weight excluding hydrogens is 212 g/mol. The van der Waals surface area contributed by atoms with Gasteiger partial charge in [0.25, 0.3) is 0 Å². The van der Waals surface area contributed by atoms with Crippen LogP contribution in [0.4, 0.5) is 0 Å². The molecule has 2 heteroatoms. The predicted molar refractivity (Wildman–Crippen MR) is 68.0 cm³/mol. The van der Waals surface area contributed by atoms with Gasteiger partial charge in [-0.05, 0) is 49.1 Å². The van der Waals surface area contributed by atoms with E-state index in [1.165, 1.54) is 11.1 Å². The molecule has 1 atom stereocenters. The van der Waals surface area contributed by atoms with Crippen molar-refractivity contribution in [2.24, 2.45) is 0 Å². The van der Waals surface area contributed by atoms with E-state index in [-0.39, 0.29) is 0 Å². The molecule has 17 heavy (non-hydrogen) atoms. The minimum absolute atomic E-state index is 0.563. The van der Waals surface area contributed by atoms with E-state index in [4.69, 9.17) is 4.42 Å². The van der Waals surface area contributed by atoms with Crippen LogP contribution < -0.4 is 0 Å². The summed E-state index contributed by atoms with van der Waals surface area (Å²) in [6.45, 7) is 6.12. The molecule has 2 aromatic rings. The summed E-state index contributed by atoms with van der Waals surface area (Å²) >= 11 is 0. The molecule has 1 aromatic heterocycles. The third-order valence-corrected chi connectivity index (χ3v) is 3.20. The molecule has 0 fully saturated rings.